The molecule has 104 valence electrons. The molecule has 1 fully saturated rings. The summed E-state index contributed by atoms with van der Waals surface area (Å²) in [5, 5.41) is 18.1. The lowest BCUT2D eigenvalue weighted by Crippen LogP contribution is -2.29. The molecule has 1 aliphatic carbocycles. The van der Waals surface area contributed by atoms with Gasteiger partial charge in [-0.25, -0.2) is 4.98 Å². The molecular formula is C12H12N4O2S2. The number of aromatic nitrogens is 1. The summed E-state index contributed by atoms with van der Waals surface area (Å²) < 4.78 is 0.770. The Hall–Kier alpha value is -1.80. The number of nitro groups is 1. The number of rotatable bonds is 4. The predicted octanol–water partition coefficient (Wildman–Crippen LogP) is 2.90. The van der Waals surface area contributed by atoms with Crippen LogP contribution in [0.2, 0.25) is 0 Å². The molecule has 1 aliphatic rings. The number of non-ortho nitro benzene ring substituents is 1. The lowest BCUT2D eigenvalue weighted by atomic mass is 10.3. The Bertz CT molecular complexity index is 681. The number of fused-ring (bicyclic) bond motifs is 1. The van der Waals surface area contributed by atoms with Gasteiger partial charge in [0.25, 0.3) is 5.69 Å². The fraction of sp³-hybridized carbons (Fsp3) is 0.333. The molecule has 2 N–H and O–H groups in total. The third kappa shape index (κ3) is 3.02. The molecule has 2 aromatic rings. The van der Waals surface area contributed by atoms with Gasteiger partial charge in [0.2, 0.25) is 0 Å². The summed E-state index contributed by atoms with van der Waals surface area (Å²) in [6.45, 7) is 0.891. The van der Waals surface area contributed by atoms with Crippen LogP contribution in [0.5, 0.6) is 0 Å². The van der Waals surface area contributed by atoms with Gasteiger partial charge in [-0.2, -0.15) is 0 Å². The molecule has 0 aliphatic heterocycles. The molecular weight excluding hydrogens is 296 g/mol. The number of thiazole rings is 1. The van der Waals surface area contributed by atoms with Crippen molar-refractivity contribution in [3.63, 3.8) is 0 Å². The number of nitrogens with zero attached hydrogens (tertiary/aromatic N) is 2. The van der Waals surface area contributed by atoms with Crippen molar-refractivity contribution in [3.05, 3.63) is 28.3 Å². The Morgan fingerprint density at radius 2 is 2.35 bits per heavy atom. The SMILES string of the molecule is O=[N+]([O-])c1ccc2nc(NC(=S)NCC3CC3)sc2c1. The first-order valence-corrected chi connectivity index (χ1v) is 7.44. The van der Waals surface area contributed by atoms with Crippen molar-refractivity contribution >= 4 is 49.7 Å². The third-order valence-electron chi connectivity index (χ3n) is 3.05. The topological polar surface area (TPSA) is 80.1 Å². The Morgan fingerprint density at radius 3 is 3.05 bits per heavy atom. The van der Waals surface area contributed by atoms with Gasteiger partial charge >= 0.3 is 0 Å². The zero-order valence-corrected chi connectivity index (χ0v) is 12.1. The molecule has 6 nitrogen and oxygen atoms in total. The van der Waals surface area contributed by atoms with E-state index in [2.05, 4.69) is 15.6 Å². The summed E-state index contributed by atoms with van der Waals surface area (Å²) in [6.07, 6.45) is 2.53. The molecule has 0 amide bonds. The van der Waals surface area contributed by atoms with Crippen LogP contribution >= 0.6 is 23.6 Å². The first-order valence-electron chi connectivity index (χ1n) is 6.21. The Labute approximate surface area is 124 Å². The average Bonchev–Trinajstić information content (AvgIpc) is 3.15. The lowest BCUT2D eigenvalue weighted by molar-refractivity contribution is -0.384. The molecule has 1 heterocycles. The maximum atomic E-state index is 10.7. The summed E-state index contributed by atoms with van der Waals surface area (Å²) in [6, 6.07) is 4.63. The second kappa shape index (κ2) is 5.29. The van der Waals surface area contributed by atoms with Crippen LogP contribution in [0.25, 0.3) is 10.2 Å². The van der Waals surface area contributed by atoms with Crippen molar-refractivity contribution in [2.24, 2.45) is 5.92 Å². The summed E-state index contributed by atoms with van der Waals surface area (Å²) in [5.74, 6) is 0.743. The fourth-order valence-corrected chi connectivity index (χ4v) is 2.93. The van der Waals surface area contributed by atoms with Crippen LogP contribution in [0.1, 0.15) is 12.8 Å². The van der Waals surface area contributed by atoms with Gasteiger partial charge in [0.05, 0.1) is 15.1 Å². The van der Waals surface area contributed by atoms with Crippen molar-refractivity contribution in [3.8, 4) is 0 Å². The molecule has 0 spiro atoms. The predicted molar refractivity (Wildman–Crippen MR) is 83.2 cm³/mol. The van der Waals surface area contributed by atoms with E-state index >= 15 is 0 Å². The summed E-state index contributed by atoms with van der Waals surface area (Å²) in [4.78, 5) is 14.7. The van der Waals surface area contributed by atoms with E-state index in [1.165, 1.54) is 36.3 Å². The van der Waals surface area contributed by atoms with Crippen LogP contribution in [0.4, 0.5) is 10.8 Å². The summed E-state index contributed by atoms with van der Waals surface area (Å²) in [7, 11) is 0. The van der Waals surface area contributed by atoms with Gasteiger partial charge in [-0.05, 0) is 37.0 Å². The molecule has 1 saturated carbocycles. The Balaban J connectivity index is 1.71. The van der Waals surface area contributed by atoms with Gasteiger partial charge in [-0.1, -0.05) is 11.3 Å². The van der Waals surface area contributed by atoms with E-state index in [1.807, 2.05) is 0 Å². The normalized spacial score (nSPS) is 14.2. The molecule has 0 bridgehead atoms. The maximum Gasteiger partial charge on any atom is 0.270 e. The van der Waals surface area contributed by atoms with Crippen LogP contribution in [0, 0.1) is 16.0 Å². The number of hydrogen-bond donors (Lipinski definition) is 2. The van der Waals surface area contributed by atoms with E-state index < -0.39 is 4.92 Å². The monoisotopic (exact) mass is 308 g/mol. The van der Waals surface area contributed by atoms with E-state index in [-0.39, 0.29) is 5.69 Å². The first kappa shape index (κ1) is 13.2. The largest absolute Gasteiger partial charge is 0.362 e. The van der Waals surface area contributed by atoms with Crippen LogP contribution in [-0.2, 0) is 0 Å². The number of nitro benzene ring substituents is 1. The molecule has 20 heavy (non-hydrogen) atoms. The number of thiocarbonyl (C=S) groups is 1. The second-order valence-electron chi connectivity index (χ2n) is 4.71. The molecule has 0 saturated heterocycles. The van der Waals surface area contributed by atoms with Crippen LogP contribution in [0.3, 0.4) is 0 Å². The number of benzene rings is 1. The fourth-order valence-electron chi connectivity index (χ4n) is 1.78. The van der Waals surface area contributed by atoms with Gasteiger partial charge in [0.1, 0.15) is 0 Å². The van der Waals surface area contributed by atoms with E-state index in [0.717, 1.165) is 22.7 Å². The lowest BCUT2D eigenvalue weighted by Gasteiger charge is -2.06. The van der Waals surface area contributed by atoms with Crippen molar-refractivity contribution in [1.82, 2.24) is 10.3 Å². The minimum atomic E-state index is -0.409. The smallest absolute Gasteiger partial charge is 0.270 e. The minimum Gasteiger partial charge on any atom is -0.362 e. The molecule has 0 radical (unpaired) electrons. The number of nitrogens with one attached hydrogen (secondary N) is 2. The standard InChI is InChI=1S/C12H12N4O2S2/c17-16(18)8-3-4-9-10(5-8)20-12(14-9)15-11(19)13-6-7-1-2-7/h3-5,7H,1-2,6H2,(H2,13,14,15,19). The summed E-state index contributed by atoms with van der Waals surface area (Å²) in [5.41, 5.74) is 0.801. The summed E-state index contributed by atoms with van der Waals surface area (Å²) >= 11 is 6.54. The van der Waals surface area contributed by atoms with Crippen molar-refractivity contribution < 1.29 is 4.92 Å². The number of anilines is 1. The van der Waals surface area contributed by atoms with Crippen LogP contribution in [0.15, 0.2) is 18.2 Å². The Kier molecular flexibility index (Phi) is 3.49. The van der Waals surface area contributed by atoms with E-state index in [4.69, 9.17) is 12.2 Å². The molecule has 1 aromatic heterocycles. The van der Waals surface area contributed by atoms with Gasteiger partial charge in [0, 0.05) is 18.7 Å². The second-order valence-corrected chi connectivity index (χ2v) is 6.15. The van der Waals surface area contributed by atoms with Gasteiger partial charge in [-0.3, -0.25) is 10.1 Å². The van der Waals surface area contributed by atoms with Gasteiger partial charge < -0.3 is 10.6 Å². The highest BCUT2D eigenvalue weighted by molar-refractivity contribution is 7.80. The molecule has 1 aromatic carbocycles. The van der Waals surface area contributed by atoms with Crippen LogP contribution < -0.4 is 10.6 Å². The minimum absolute atomic E-state index is 0.0714. The third-order valence-corrected chi connectivity index (χ3v) is 4.23. The Morgan fingerprint density at radius 1 is 1.55 bits per heavy atom. The molecule has 8 heteroatoms. The van der Waals surface area contributed by atoms with E-state index in [0.29, 0.717) is 10.2 Å². The zero-order valence-electron chi connectivity index (χ0n) is 10.5. The highest BCUT2D eigenvalue weighted by Gasteiger charge is 2.21. The molecule has 0 atom stereocenters. The van der Waals surface area contributed by atoms with Gasteiger partial charge in [0.15, 0.2) is 10.2 Å². The number of hydrogen-bond acceptors (Lipinski definition) is 5. The quantitative estimate of drug-likeness (QED) is 0.513. The highest BCUT2D eigenvalue weighted by atomic mass is 32.1. The van der Waals surface area contributed by atoms with E-state index in [9.17, 15) is 10.1 Å². The van der Waals surface area contributed by atoms with Crippen LogP contribution in [-0.4, -0.2) is 21.6 Å². The van der Waals surface area contributed by atoms with Crippen molar-refractivity contribution in [1.29, 1.82) is 0 Å². The van der Waals surface area contributed by atoms with Gasteiger partial charge in [-0.15, -0.1) is 0 Å². The first-order chi connectivity index (χ1) is 9.61. The zero-order chi connectivity index (χ0) is 14.1. The van der Waals surface area contributed by atoms with Crippen molar-refractivity contribution in [2.75, 3.05) is 11.9 Å². The van der Waals surface area contributed by atoms with E-state index in [1.54, 1.807) is 6.07 Å². The van der Waals surface area contributed by atoms with Crippen molar-refractivity contribution in [2.45, 2.75) is 12.8 Å². The average molecular weight is 308 g/mol. The maximum absolute atomic E-state index is 10.7. The molecule has 3 rings (SSSR count). The highest BCUT2D eigenvalue weighted by Crippen LogP contribution is 2.29. The molecule has 0 unspecified atom stereocenters.